The van der Waals surface area contributed by atoms with Gasteiger partial charge in [-0.3, -0.25) is 0 Å². The van der Waals surface area contributed by atoms with Gasteiger partial charge in [0, 0.05) is 31.1 Å². The van der Waals surface area contributed by atoms with Crippen LogP contribution >= 0.6 is 11.5 Å². The van der Waals surface area contributed by atoms with Crippen molar-refractivity contribution in [2.24, 2.45) is 5.92 Å². The summed E-state index contributed by atoms with van der Waals surface area (Å²) in [6.07, 6.45) is 1.71. The molecule has 0 spiro atoms. The Kier molecular flexibility index (Phi) is 4.82. The van der Waals surface area contributed by atoms with Gasteiger partial charge in [0.1, 0.15) is 5.82 Å². The van der Waals surface area contributed by atoms with E-state index in [4.69, 9.17) is 5.11 Å². The van der Waals surface area contributed by atoms with Crippen LogP contribution in [0, 0.1) is 5.92 Å². The molecule has 0 aromatic carbocycles. The van der Waals surface area contributed by atoms with Crippen LogP contribution in [0.3, 0.4) is 0 Å². The van der Waals surface area contributed by atoms with Gasteiger partial charge in [0.2, 0.25) is 5.13 Å². The number of aliphatic hydroxyl groups is 1. The molecule has 14 heavy (non-hydrogen) atoms. The van der Waals surface area contributed by atoms with Gasteiger partial charge in [-0.2, -0.15) is 4.37 Å². The second kappa shape index (κ2) is 5.93. The number of hydrogen-bond donors (Lipinski definition) is 2. The molecule has 0 bridgehead atoms. The van der Waals surface area contributed by atoms with Gasteiger partial charge in [-0.25, -0.2) is 4.98 Å². The molecule has 80 valence electrons. The van der Waals surface area contributed by atoms with E-state index in [-0.39, 0.29) is 6.61 Å². The van der Waals surface area contributed by atoms with Crippen LogP contribution in [-0.4, -0.2) is 27.6 Å². The number of anilines is 1. The quantitative estimate of drug-likeness (QED) is 0.755. The highest BCUT2D eigenvalue weighted by Crippen LogP contribution is 2.12. The summed E-state index contributed by atoms with van der Waals surface area (Å²) >= 11 is 1.40. The van der Waals surface area contributed by atoms with Crippen molar-refractivity contribution in [2.45, 2.75) is 26.7 Å². The predicted molar refractivity (Wildman–Crippen MR) is 58.6 cm³/mol. The normalized spacial score (nSPS) is 12.8. The first-order chi connectivity index (χ1) is 6.76. The zero-order chi connectivity index (χ0) is 10.4. The molecule has 1 atom stereocenters. The summed E-state index contributed by atoms with van der Waals surface area (Å²) in [5.41, 5.74) is 0. The molecule has 1 heterocycles. The molecule has 0 aliphatic heterocycles. The lowest BCUT2D eigenvalue weighted by Crippen LogP contribution is -2.12. The number of aromatic nitrogens is 2. The summed E-state index contributed by atoms with van der Waals surface area (Å²) in [6.45, 7) is 5.24. The molecule has 5 heteroatoms. The maximum absolute atomic E-state index is 8.72. The average molecular weight is 215 g/mol. The van der Waals surface area contributed by atoms with Crippen molar-refractivity contribution >= 4 is 16.7 Å². The highest BCUT2D eigenvalue weighted by molar-refractivity contribution is 7.09. The maximum atomic E-state index is 8.72. The molecular formula is C9H17N3OS. The molecule has 0 radical (unpaired) electrons. The smallest absolute Gasteiger partial charge is 0.202 e. The van der Waals surface area contributed by atoms with Crippen LogP contribution < -0.4 is 5.32 Å². The highest BCUT2D eigenvalue weighted by Gasteiger charge is 2.04. The van der Waals surface area contributed by atoms with Gasteiger partial charge in [0.05, 0.1) is 0 Å². The van der Waals surface area contributed by atoms with Crippen LogP contribution in [0.1, 0.15) is 26.1 Å². The third-order valence-corrected chi connectivity index (χ3v) is 2.72. The number of aliphatic hydroxyl groups excluding tert-OH is 1. The number of nitrogens with one attached hydrogen (secondary N) is 1. The molecule has 0 fully saturated rings. The van der Waals surface area contributed by atoms with Crippen molar-refractivity contribution in [3.8, 4) is 0 Å². The van der Waals surface area contributed by atoms with E-state index in [1.165, 1.54) is 11.5 Å². The predicted octanol–water partition coefficient (Wildman–Crippen LogP) is 1.53. The Morgan fingerprint density at radius 3 is 2.93 bits per heavy atom. The van der Waals surface area contributed by atoms with Crippen LogP contribution in [0.5, 0.6) is 0 Å². The second-order valence-electron chi connectivity index (χ2n) is 3.37. The molecule has 1 rings (SSSR count). The van der Waals surface area contributed by atoms with Gasteiger partial charge in [0.25, 0.3) is 0 Å². The zero-order valence-electron chi connectivity index (χ0n) is 8.66. The van der Waals surface area contributed by atoms with E-state index in [1.54, 1.807) is 0 Å². The third kappa shape index (κ3) is 3.59. The molecule has 0 aliphatic rings. The van der Waals surface area contributed by atoms with Gasteiger partial charge < -0.3 is 10.4 Å². The van der Waals surface area contributed by atoms with Crippen molar-refractivity contribution < 1.29 is 5.11 Å². The maximum Gasteiger partial charge on any atom is 0.202 e. The van der Waals surface area contributed by atoms with Crippen LogP contribution in [0.2, 0.25) is 0 Å². The van der Waals surface area contributed by atoms with E-state index < -0.39 is 0 Å². The van der Waals surface area contributed by atoms with E-state index in [9.17, 15) is 0 Å². The Hall–Kier alpha value is -0.680. The van der Waals surface area contributed by atoms with E-state index in [1.807, 2.05) is 6.92 Å². The molecular weight excluding hydrogens is 198 g/mol. The van der Waals surface area contributed by atoms with Crippen molar-refractivity contribution in [2.75, 3.05) is 18.5 Å². The van der Waals surface area contributed by atoms with E-state index in [0.29, 0.717) is 5.92 Å². The summed E-state index contributed by atoms with van der Waals surface area (Å²) < 4.78 is 4.18. The van der Waals surface area contributed by atoms with Gasteiger partial charge in [0.15, 0.2) is 0 Å². The van der Waals surface area contributed by atoms with Crippen LogP contribution in [0.15, 0.2) is 0 Å². The lowest BCUT2D eigenvalue weighted by Gasteiger charge is -2.09. The number of hydrogen-bond acceptors (Lipinski definition) is 5. The fraction of sp³-hybridized carbons (Fsp3) is 0.778. The van der Waals surface area contributed by atoms with Crippen LogP contribution in [-0.2, 0) is 6.42 Å². The Bertz CT molecular complexity index is 264. The van der Waals surface area contributed by atoms with Crippen molar-refractivity contribution in [3.63, 3.8) is 0 Å². The lowest BCUT2D eigenvalue weighted by atomic mass is 10.1. The molecule has 4 nitrogen and oxygen atoms in total. The standard InChI is InChI=1S/C9H17N3OS/c1-3-8-11-9(14-12-8)10-6-7(2)4-5-13/h7,13H,3-6H2,1-2H3,(H,10,11,12). The molecule has 1 aromatic rings. The van der Waals surface area contributed by atoms with Crippen molar-refractivity contribution in [3.05, 3.63) is 5.82 Å². The summed E-state index contributed by atoms with van der Waals surface area (Å²) in [4.78, 5) is 4.29. The topological polar surface area (TPSA) is 58.0 Å². The van der Waals surface area contributed by atoms with E-state index in [0.717, 1.165) is 30.3 Å². The van der Waals surface area contributed by atoms with Crippen LogP contribution in [0.25, 0.3) is 0 Å². The fourth-order valence-electron chi connectivity index (χ4n) is 1.05. The second-order valence-corrected chi connectivity index (χ2v) is 4.12. The first-order valence-corrected chi connectivity index (χ1v) is 5.71. The number of aryl methyl sites for hydroxylation is 1. The van der Waals surface area contributed by atoms with E-state index in [2.05, 4.69) is 21.6 Å². The van der Waals surface area contributed by atoms with E-state index >= 15 is 0 Å². The van der Waals surface area contributed by atoms with Gasteiger partial charge in [-0.15, -0.1) is 0 Å². The Labute approximate surface area is 88.6 Å². The minimum atomic E-state index is 0.249. The monoisotopic (exact) mass is 215 g/mol. The molecule has 0 saturated carbocycles. The van der Waals surface area contributed by atoms with Crippen molar-refractivity contribution in [1.29, 1.82) is 0 Å². The molecule has 1 aromatic heterocycles. The Morgan fingerprint density at radius 1 is 1.57 bits per heavy atom. The minimum absolute atomic E-state index is 0.249. The average Bonchev–Trinajstić information content (AvgIpc) is 2.63. The molecule has 0 aliphatic carbocycles. The van der Waals surface area contributed by atoms with Crippen molar-refractivity contribution in [1.82, 2.24) is 9.36 Å². The highest BCUT2D eigenvalue weighted by atomic mass is 32.1. The lowest BCUT2D eigenvalue weighted by molar-refractivity contribution is 0.266. The zero-order valence-corrected chi connectivity index (χ0v) is 9.47. The first-order valence-electron chi connectivity index (χ1n) is 4.93. The fourth-order valence-corrected chi connectivity index (χ4v) is 1.71. The largest absolute Gasteiger partial charge is 0.396 e. The summed E-state index contributed by atoms with van der Waals surface area (Å²) in [6, 6.07) is 0. The third-order valence-electron chi connectivity index (χ3n) is 2.01. The SMILES string of the molecule is CCc1nsc(NCC(C)CCO)n1. The Balaban J connectivity index is 2.30. The van der Waals surface area contributed by atoms with Crippen LogP contribution in [0.4, 0.5) is 5.13 Å². The summed E-state index contributed by atoms with van der Waals surface area (Å²) in [5.74, 6) is 1.36. The summed E-state index contributed by atoms with van der Waals surface area (Å²) in [5, 5.41) is 12.8. The summed E-state index contributed by atoms with van der Waals surface area (Å²) in [7, 11) is 0. The molecule has 0 amide bonds. The number of rotatable bonds is 6. The molecule has 2 N–H and O–H groups in total. The van der Waals surface area contributed by atoms with Gasteiger partial charge in [-0.05, 0) is 12.3 Å². The molecule has 0 saturated heterocycles. The first kappa shape index (κ1) is 11.4. The molecule has 1 unspecified atom stereocenters. The van der Waals surface area contributed by atoms with Gasteiger partial charge in [-0.1, -0.05) is 13.8 Å². The van der Waals surface area contributed by atoms with Gasteiger partial charge >= 0.3 is 0 Å². The Morgan fingerprint density at radius 2 is 2.36 bits per heavy atom. The minimum Gasteiger partial charge on any atom is -0.396 e. The number of nitrogens with zero attached hydrogens (tertiary/aromatic N) is 2.